The molecular formula is C7H9N3OS. The molecule has 1 aromatic rings. The summed E-state index contributed by atoms with van der Waals surface area (Å²) >= 11 is 1.39. The molecule has 2 N–H and O–H groups in total. The summed E-state index contributed by atoms with van der Waals surface area (Å²) in [5, 5.41) is 0.634. The minimum absolute atomic E-state index is 0.252. The predicted octanol–water partition coefficient (Wildman–Crippen LogP) is 0.902. The summed E-state index contributed by atoms with van der Waals surface area (Å²) in [6.07, 6.45) is 2.52. The molecule has 0 aromatic carbocycles. The number of nitrogens with two attached hydrogens (primary N) is 1. The van der Waals surface area contributed by atoms with Crippen molar-refractivity contribution in [2.45, 2.75) is 11.9 Å². The Kier molecular flexibility index (Phi) is 2.65. The molecule has 0 radical (unpaired) electrons. The van der Waals surface area contributed by atoms with E-state index in [1.54, 1.807) is 6.92 Å². The quantitative estimate of drug-likeness (QED) is 0.419. The van der Waals surface area contributed by atoms with Crippen molar-refractivity contribution < 1.29 is 4.79 Å². The summed E-state index contributed by atoms with van der Waals surface area (Å²) in [6, 6.07) is 0. The lowest BCUT2D eigenvalue weighted by Gasteiger charge is -2.03. The lowest BCUT2D eigenvalue weighted by Crippen LogP contribution is -2.03. The van der Waals surface area contributed by atoms with Gasteiger partial charge in [-0.25, -0.2) is 9.97 Å². The van der Waals surface area contributed by atoms with Gasteiger partial charge in [0.25, 0.3) is 0 Å². The maximum absolute atomic E-state index is 10.5. The van der Waals surface area contributed by atoms with Crippen molar-refractivity contribution in [3.05, 3.63) is 11.4 Å². The van der Waals surface area contributed by atoms with Crippen LogP contribution in [0.5, 0.6) is 0 Å². The first-order valence-corrected chi connectivity index (χ1v) is 4.54. The van der Waals surface area contributed by atoms with Crippen molar-refractivity contribution >= 4 is 23.9 Å². The molecule has 0 aliphatic rings. The molecule has 0 atom stereocenters. The van der Waals surface area contributed by atoms with Crippen molar-refractivity contribution in [1.82, 2.24) is 9.97 Å². The second kappa shape index (κ2) is 3.53. The van der Waals surface area contributed by atoms with Gasteiger partial charge in [-0.2, -0.15) is 0 Å². The van der Waals surface area contributed by atoms with Crippen LogP contribution in [0.2, 0.25) is 0 Å². The molecule has 0 aliphatic heterocycles. The minimum Gasteiger partial charge on any atom is -0.383 e. The number of aryl methyl sites for hydroxylation is 1. The van der Waals surface area contributed by atoms with Crippen LogP contribution in [0.3, 0.4) is 0 Å². The highest BCUT2D eigenvalue weighted by atomic mass is 32.2. The summed E-state index contributed by atoms with van der Waals surface area (Å²) in [6.45, 7) is 1.74. The summed E-state index contributed by atoms with van der Waals surface area (Å²) in [4.78, 5) is 18.5. The molecule has 0 spiro atoms. The lowest BCUT2D eigenvalue weighted by molar-refractivity contribution is 0.112. The zero-order chi connectivity index (χ0) is 9.14. The molecule has 0 fully saturated rings. The average molecular weight is 183 g/mol. The maximum Gasteiger partial charge on any atom is 0.156 e. The number of aromatic nitrogens is 2. The maximum atomic E-state index is 10.5. The largest absolute Gasteiger partial charge is 0.383 e. The van der Waals surface area contributed by atoms with Crippen molar-refractivity contribution in [1.29, 1.82) is 0 Å². The summed E-state index contributed by atoms with van der Waals surface area (Å²) in [5.41, 5.74) is 5.90. The van der Waals surface area contributed by atoms with Crippen LogP contribution in [0, 0.1) is 6.92 Å². The molecule has 0 saturated heterocycles. The number of nitrogen functional groups attached to an aromatic ring is 1. The molecule has 5 heteroatoms. The minimum atomic E-state index is 0.252. The van der Waals surface area contributed by atoms with E-state index >= 15 is 0 Å². The second-order valence-corrected chi connectivity index (χ2v) is 2.99. The van der Waals surface area contributed by atoms with Crippen molar-refractivity contribution in [3.63, 3.8) is 0 Å². The van der Waals surface area contributed by atoms with Crippen molar-refractivity contribution in [2.24, 2.45) is 0 Å². The molecule has 0 amide bonds. The van der Waals surface area contributed by atoms with Crippen LogP contribution in [-0.4, -0.2) is 22.5 Å². The molecular weight excluding hydrogens is 174 g/mol. The highest BCUT2D eigenvalue weighted by molar-refractivity contribution is 7.98. The van der Waals surface area contributed by atoms with E-state index in [-0.39, 0.29) is 5.82 Å². The van der Waals surface area contributed by atoms with Gasteiger partial charge in [-0.05, 0) is 13.2 Å². The highest BCUT2D eigenvalue weighted by Crippen LogP contribution is 2.19. The third-order valence-electron chi connectivity index (χ3n) is 1.36. The summed E-state index contributed by atoms with van der Waals surface area (Å²) in [7, 11) is 0. The van der Waals surface area contributed by atoms with E-state index in [1.165, 1.54) is 11.8 Å². The van der Waals surface area contributed by atoms with Gasteiger partial charge in [0.1, 0.15) is 16.7 Å². The van der Waals surface area contributed by atoms with Gasteiger partial charge in [0.2, 0.25) is 0 Å². The summed E-state index contributed by atoms with van der Waals surface area (Å²) < 4.78 is 0. The molecule has 1 heterocycles. The normalized spacial score (nSPS) is 9.83. The molecule has 64 valence electrons. The predicted molar refractivity (Wildman–Crippen MR) is 48.3 cm³/mol. The first-order chi connectivity index (χ1) is 5.69. The van der Waals surface area contributed by atoms with Gasteiger partial charge in [0, 0.05) is 0 Å². The van der Waals surface area contributed by atoms with Crippen LogP contribution < -0.4 is 5.73 Å². The topological polar surface area (TPSA) is 68.9 Å². The van der Waals surface area contributed by atoms with Gasteiger partial charge in [-0.3, -0.25) is 4.79 Å². The number of carbonyl (C=O) groups is 1. The number of hydrogen-bond donors (Lipinski definition) is 1. The van der Waals surface area contributed by atoms with Crippen LogP contribution in [0.15, 0.2) is 5.03 Å². The van der Waals surface area contributed by atoms with E-state index < -0.39 is 0 Å². The molecule has 0 saturated carbocycles. The number of rotatable bonds is 2. The third kappa shape index (κ3) is 1.55. The van der Waals surface area contributed by atoms with E-state index in [0.29, 0.717) is 22.7 Å². The SMILES string of the molecule is CSc1nc(C)nc(N)c1C=O. The van der Waals surface area contributed by atoms with Crippen LogP contribution >= 0.6 is 11.8 Å². The molecule has 4 nitrogen and oxygen atoms in total. The van der Waals surface area contributed by atoms with Crippen LogP contribution in [0.1, 0.15) is 16.2 Å². The Bertz CT molecular complexity index is 314. The lowest BCUT2D eigenvalue weighted by atomic mass is 10.3. The molecule has 1 aromatic heterocycles. The van der Waals surface area contributed by atoms with Gasteiger partial charge in [0.05, 0.1) is 5.56 Å². The highest BCUT2D eigenvalue weighted by Gasteiger charge is 2.08. The van der Waals surface area contributed by atoms with E-state index in [2.05, 4.69) is 9.97 Å². The van der Waals surface area contributed by atoms with Gasteiger partial charge in [0.15, 0.2) is 6.29 Å². The number of hydrogen-bond acceptors (Lipinski definition) is 5. The molecule has 0 bridgehead atoms. The Hall–Kier alpha value is -1.10. The van der Waals surface area contributed by atoms with Crippen LogP contribution in [-0.2, 0) is 0 Å². The van der Waals surface area contributed by atoms with Crippen molar-refractivity contribution in [3.8, 4) is 0 Å². The number of anilines is 1. The fraction of sp³-hybridized carbons (Fsp3) is 0.286. The Morgan fingerprint density at radius 3 is 2.67 bits per heavy atom. The first kappa shape index (κ1) is 8.99. The van der Waals surface area contributed by atoms with E-state index in [1.807, 2.05) is 6.26 Å². The van der Waals surface area contributed by atoms with E-state index in [4.69, 9.17) is 5.73 Å². The van der Waals surface area contributed by atoms with Crippen LogP contribution in [0.4, 0.5) is 5.82 Å². The Morgan fingerprint density at radius 1 is 1.50 bits per heavy atom. The fourth-order valence-electron chi connectivity index (χ4n) is 0.843. The van der Waals surface area contributed by atoms with Gasteiger partial charge in [-0.1, -0.05) is 0 Å². The second-order valence-electron chi connectivity index (χ2n) is 2.20. The number of thioether (sulfide) groups is 1. The van der Waals surface area contributed by atoms with Crippen LogP contribution in [0.25, 0.3) is 0 Å². The molecule has 12 heavy (non-hydrogen) atoms. The van der Waals surface area contributed by atoms with Crippen molar-refractivity contribution in [2.75, 3.05) is 12.0 Å². The van der Waals surface area contributed by atoms with E-state index in [0.717, 1.165) is 0 Å². The van der Waals surface area contributed by atoms with Gasteiger partial charge < -0.3 is 5.73 Å². The molecule has 0 aliphatic carbocycles. The van der Waals surface area contributed by atoms with Gasteiger partial charge in [-0.15, -0.1) is 11.8 Å². The fourth-order valence-corrected chi connectivity index (χ4v) is 1.44. The van der Waals surface area contributed by atoms with Gasteiger partial charge >= 0.3 is 0 Å². The number of aldehydes is 1. The standard InChI is InChI=1S/C7H9N3OS/c1-4-9-6(8)5(3-11)7(10-4)12-2/h3H,1-2H3,(H2,8,9,10). The smallest absolute Gasteiger partial charge is 0.156 e. The van der Waals surface area contributed by atoms with E-state index in [9.17, 15) is 4.79 Å². The average Bonchev–Trinajstić information content (AvgIpc) is 2.03. The Labute approximate surface area is 74.6 Å². The molecule has 1 rings (SSSR count). The third-order valence-corrected chi connectivity index (χ3v) is 2.06. The Morgan fingerprint density at radius 2 is 2.17 bits per heavy atom. The first-order valence-electron chi connectivity index (χ1n) is 3.32. The Balaban J connectivity index is 3.33. The zero-order valence-electron chi connectivity index (χ0n) is 6.87. The zero-order valence-corrected chi connectivity index (χ0v) is 7.68. The molecule has 0 unspecified atom stereocenters. The monoisotopic (exact) mass is 183 g/mol. The number of carbonyl (C=O) groups excluding carboxylic acids is 1. The number of nitrogens with zero attached hydrogens (tertiary/aromatic N) is 2. The summed E-state index contributed by atoms with van der Waals surface area (Å²) in [5.74, 6) is 0.837.